The first kappa shape index (κ1) is 4.79. The first-order valence-corrected chi connectivity index (χ1v) is 4.93. The van der Waals surface area contributed by atoms with E-state index in [9.17, 15) is 0 Å². The van der Waals surface area contributed by atoms with Crippen LogP contribution in [-0.4, -0.2) is 0 Å². The third kappa shape index (κ3) is 0.286. The minimum atomic E-state index is 1.03. The summed E-state index contributed by atoms with van der Waals surface area (Å²) >= 11 is 0. The largest absolute Gasteiger partial charge is 0.0527 e. The Bertz CT molecular complexity index is 208. The van der Waals surface area contributed by atoms with Crippen LogP contribution in [0.15, 0.2) is 0 Å². The number of hydrogen-bond donors (Lipinski definition) is 0. The van der Waals surface area contributed by atoms with Crippen LogP contribution < -0.4 is 0 Å². The zero-order valence-electron chi connectivity index (χ0n) is 6.34. The van der Waals surface area contributed by atoms with Gasteiger partial charge in [0.05, 0.1) is 0 Å². The van der Waals surface area contributed by atoms with Gasteiger partial charge in [-0.1, -0.05) is 12.8 Å². The number of hydrogen-bond acceptors (Lipinski definition) is 0. The quantitative estimate of drug-likeness (QED) is 0.477. The minimum absolute atomic E-state index is 1.03. The third-order valence-corrected chi connectivity index (χ3v) is 5.08. The van der Waals surface area contributed by atoms with Gasteiger partial charge in [-0.2, -0.15) is 0 Å². The lowest BCUT2D eigenvalue weighted by Gasteiger charge is -2.11. The maximum absolute atomic E-state index is 1.65. The molecular weight excluding hydrogens is 120 g/mol. The lowest BCUT2D eigenvalue weighted by atomic mass is 9.93. The van der Waals surface area contributed by atoms with Gasteiger partial charge in [0.25, 0.3) is 0 Å². The summed E-state index contributed by atoms with van der Waals surface area (Å²) < 4.78 is 0. The zero-order chi connectivity index (χ0) is 6.34. The van der Waals surface area contributed by atoms with Gasteiger partial charge in [-0.3, -0.25) is 0 Å². The van der Waals surface area contributed by atoms with Crippen molar-refractivity contribution < 1.29 is 0 Å². The molecule has 0 bridgehead atoms. The van der Waals surface area contributed by atoms with E-state index in [1.807, 2.05) is 0 Å². The molecule has 1 spiro atoms. The molecule has 0 aromatic rings. The second-order valence-electron chi connectivity index (χ2n) is 5.06. The summed E-state index contributed by atoms with van der Waals surface area (Å²) in [5.74, 6) is 4.99. The summed E-state index contributed by atoms with van der Waals surface area (Å²) in [6.07, 6.45) is 8.07. The van der Waals surface area contributed by atoms with Gasteiger partial charge < -0.3 is 0 Å². The minimum Gasteiger partial charge on any atom is -0.0527 e. The van der Waals surface area contributed by atoms with Gasteiger partial charge in [-0.05, 0) is 48.3 Å². The Balaban J connectivity index is 1.80. The average molecular weight is 134 g/mol. The highest BCUT2D eigenvalue weighted by atomic mass is 14.9. The summed E-state index contributed by atoms with van der Waals surface area (Å²) in [5.41, 5.74) is 1.03. The Kier molecular flexibility index (Phi) is 0.522. The van der Waals surface area contributed by atoms with Gasteiger partial charge in [-0.25, -0.2) is 0 Å². The molecule has 5 atom stereocenters. The van der Waals surface area contributed by atoms with Crippen LogP contribution in [0.3, 0.4) is 0 Å². The standard InChI is InChI=1S/C10H14/c1-2-6-4-8-9-5-10(8,9)7(6)3-1/h6-9H,1-5H2. The third-order valence-electron chi connectivity index (χ3n) is 5.08. The van der Waals surface area contributed by atoms with Crippen LogP contribution in [0.1, 0.15) is 32.1 Å². The van der Waals surface area contributed by atoms with E-state index in [0.29, 0.717) is 0 Å². The summed E-state index contributed by atoms with van der Waals surface area (Å²) in [5, 5.41) is 0. The predicted molar refractivity (Wildman–Crippen MR) is 39.5 cm³/mol. The van der Waals surface area contributed by atoms with Gasteiger partial charge >= 0.3 is 0 Å². The molecule has 10 heavy (non-hydrogen) atoms. The molecule has 4 rings (SSSR count). The topological polar surface area (TPSA) is 0 Å². The molecule has 0 heteroatoms. The first-order chi connectivity index (χ1) is 4.93. The van der Waals surface area contributed by atoms with Crippen molar-refractivity contribution in [1.29, 1.82) is 0 Å². The Morgan fingerprint density at radius 1 is 1.00 bits per heavy atom. The van der Waals surface area contributed by atoms with E-state index < -0.39 is 0 Å². The molecule has 4 saturated carbocycles. The Labute approximate surface area is 62.0 Å². The zero-order valence-corrected chi connectivity index (χ0v) is 6.34. The summed E-state index contributed by atoms with van der Waals surface area (Å²) in [4.78, 5) is 0. The van der Waals surface area contributed by atoms with Crippen LogP contribution in [0.4, 0.5) is 0 Å². The molecule has 0 aromatic heterocycles. The highest BCUT2D eigenvalue weighted by Crippen LogP contribution is 2.90. The monoisotopic (exact) mass is 134 g/mol. The van der Waals surface area contributed by atoms with Crippen LogP contribution in [0.2, 0.25) is 0 Å². The van der Waals surface area contributed by atoms with Crippen molar-refractivity contribution in [1.82, 2.24) is 0 Å². The molecule has 4 aliphatic rings. The fraction of sp³-hybridized carbons (Fsp3) is 1.00. The molecule has 0 aromatic carbocycles. The van der Waals surface area contributed by atoms with Crippen molar-refractivity contribution in [3.63, 3.8) is 0 Å². The normalized spacial score (nSPS) is 74.4. The molecule has 0 radical (unpaired) electrons. The van der Waals surface area contributed by atoms with Gasteiger partial charge in [0.2, 0.25) is 0 Å². The molecule has 54 valence electrons. The lowest BCUT2D eigenvalue weighted by molar-refractivity contribution is 0.367. The van der Waals surface area contributed by atoms with Crippen LogP contribution in [0, 0.1) is 29.1 Å². The van der Waals surface area contributed by atoms with Crippen LogP contribution in [0.25, 0.3) is 0 Å². The molecule has 0 aliphatic heterocycles. The highest BCUT2D eigenvalue weighted by molar-refractivity contribution is 5.32. The fourth-order valence-electron chi connectivity index (χ4n) is 4.52. The van der Waals surface area contributed by atoms with Crippen molar-refractivity contribution >= 4 is 0 Å². The van der Waals surface area contributed by atoms with Gasteiger partial charge in [-0.15, -0.1) is 0 Å². The fourth-order valence-corrected chi connectivity index (χ4v) is 4.52. The predicted octanol–water partition coefficient (Wildman–Crippen LogP) is 2.44. The summed E-state index contributed by atoms with van der Waals surface area (Å²) in [6.45, 7) is 0. The van der Waals surface area contributed by atoms with Gasteiger partial charge in [0.15, 0.2) is 0 Å². The van der Waals surface area contributed by atoms with Crippen LogP contribution in [0.5, 0.6) is 0 Å². The van der Waals surface area contributed by atoms with Crippen molar-refractivity contribution in [3.8, 4) is 0 Å². The first-order valence-electron chi connectivity index (χ1n) is 4.93. The summed E-state index contributed by atoms with van der Waals surface area (Å²) in [7, 11) is 0. The van der Waals surface area contributed by atoms with Crippen molar-refractivity contribution in [2.75, 3.05) is 0 Å². The van der Waals surface area contributed by atoms with E-state index in [1.54, 1.807) is 32.1 Å². The molecule has 0 N–H and O–H groups in total. The summed E-state index contributed by atoms with van der Waals surface area (Å²) in [6, 6.07) is 0. The van der Waals surface area contributed by atoms with Crippen LogP contribution >= 0.6 is 0 Å². The molecule has 0 saturated heterocycles. The molecule has 4 aliphatic carbocycles. The van der Waals surface area contributed by atoms with E-state index in [-0.39, 0.29) is 0 Å². The van der Waals surface area contributed by atoms with Gasteiger partial charge in [0, 0.05) is 0 Å². The maximum atomic E-state index is 1.65. The second kappa shape index (κ2) is 1.09. The lowest BCUT2D eigenvalue weighted by Crippen LogP contribution is -2.05. The van der Waals surface area contributed by atoms with E-state index in [4.69, 9.17) is 0 Å². The van der Waals surface area contributed by atoms with E-state index >= 15 is 0 Å². The molecular formula is C10H14. The van der Waals surface area contributed by atoms with E-state index in [0.717, 1.165) is 5.41 Å². The number of rotatable bonds is 0. The molecule has 0 heterocycles. The smallest absolute Gasteiger partial charge is 0.0201 e. The molecule has 0 nitrogen and oxygen atoms in total. The Hall–Kier alpha value is 0. The van der Waals surface area contributed by atoms with Gasteiger partial charge in [0.1, 0.15) is 0 Å². The van der Waals surface area contributed by atoms with E-state index in [1.165, 1.54) is 23.7 Å². The maximum Gasteiger partial charge on any atom is -0.0201 e. The Morgan fingerprint density at radius 3 is 2.90 bits per heavy atom. The van der Waals surface area contributed by atoms with Crippen molar-refractivity contribution in [2.45, 2.75) is 32.1 Å². The van der Waals surface area contributed by atoms with Crippen LogP contribution in [-0.2, 0) is 0 Å². The molecule has 4 fully saturated rings. The Morgan fingerprint density at radius 2 is 2.00 bits per heavy atom. The van der Waals surface area contributed by atoms with Crippen molar-refractivity contribution in [2.24, 2.45) is 29.1 Å². The molecule has 0 amide bonds. The number of fused-ring (bicyclic) bond motifs is 2. The van der Waals surface area contributed by atoms with Crippen molar-refractivity contribution in [3.05, 3.63) is 0 Å². The molecule has 5 unspecified atom stereocenters. The SMILES string of the molecule is C1CC2CC3C4CC34C2C1. The highest BCUT2D eigenvalue weighted by Gasteiger charge is 2.84. The average Bonchev–Trinajstić information content (AvgIpc) is 2.67. The second-order valence-corrected chi connectivity index (χ2v) is 5.06. The van der Waals surface area contributed by atoms with E-state index in [2.05, 4.69) is 0 Å².